The van der Waals surface area contributed by atoms with Gasteiger partial charge in [0.1, 0.15) is 11.4 Å². The fourth-order valence-electron chi connectivity index (χ4n) is 2.64. The highest BCUT2D eigenvalue weighted by Gasteiger charge is 2.18. The van der Waals surface area contributed by atoms with Gasteiger partial charge < -0.3 is 4.74 Å². The number of halogens is 1. The third kappa shape index (κ3) is 5.16. The van der Waals surface area contributed by atoms with Crippen molar-refractivity contribution in [2.75, 3.05) is 11.8 Å². The number of hydrogen-bond donors (Lipinski definition) is 1. The lowest BCUT2D eigenvalue weighted by Gasteiger charge is -2.14. The van der Waals surface area contributed by atoms with Crippen LogP contribution < -0.4 is 9.46 Å². The van der Waals surface area contributed by atoms with Crippen LogP contribution in [-0.4, -0.2) is 20.5 Å². The minimum absolute atomic E-state index is 0.0785. The molecular formula is C20H17ClN4O5S. The fourth-order valence-corrected chi connectivity index (χ4v) is 3.93. The molecule has 0 saturated heterocycles. The monoisotopic (exact) mass is 460 g/mol. The lowest BCUT2D eigenvalue weighted by molar-refractivity contribution is -0.384. The highest BCUT2D eigenvalue weighted by molar-refractivity contribution is 7.92. The van der Waals surface area contributed by atoms with E-state index in [0.29, 0.717) is 11.3 Å². The highest BCUT2D eigenvalue weighted by atomic mass is 35.5. The zero-order chi connectivity index (χ0) is 22.6. The average molecular weight is 461 g/mol. The molecule has 3 aromatic rings. The van der Waals surface area contributed by atoms with Crippen LogP contribution in [0.15, 0.2) is 75.8 Å². The maximum Gasteiger partial charge on any atom is 0.271 e. The predicted octanol–water partition coefficient (Wildman–Crippen LogP) is 5.78. The van der Waals surface area contributed by atoms with Crippen molar-refractivity contribution in [3.05, 3.63) is 81.4 Å². The van der Waals surface area contributed by atoms with Crippen molar-refractivity contribution in [1.82, 2.24) is 0 Å². The van der Waals surface area contributed by atoms with E-state index < -0.39 is 14.9 Å². The molecule has 0 heterocycles. The number of nitro groups is 1. The van der Waals surface area contributed by atoms with Crippen LogP contribution in [0, 0.1) is 17.0 Å². The van der Waals surface area contributed by atoms with Crippen LogP contribution >= 0.6 is 11.6 Å². The van der Waals surface area contributed by atoms with E-state index in [1.54, 1.807) is 31.2 Å². The Hall–Kier alpha value is -3.50. The summed E-state index contributed by atoms with van der Waals surface area (Å²) in [6.45, 7) is 1.73. The number of nitrogens with zero attached hydrogens (tertiary/aromatic N) is 3. The molecule has 3 rings (SSSR count). The first-order valence-corrected chi connectivity index (χ1v) is 10.7. The summed E-state index contributed by atoms with van der Waals surface area (Å²) in [6.07, 6.45) is 0. The smallest absolute Gasteiger partial charge is 0.271 e. The Morgan fingerprint density at radius 3 is 2.32 bits per heavy atom. The van der Waals surface area contributed by atoms with E-state index in [9.17, 15) is 18.5 Å². The number of anilines is 1. The number of aryl methyl sites for hydroxylation is 1. The highest BCUT2D eigenvalue weighted by Crippen LogP contribution is 2.36. The molecule has 0 aromatic heterocycles. The summed E-state index contributed by atoms with van der Waals surface area (Å²) in [6, 6.07) is 14.9. The quantitative estimate of drug-likeness (QED) is 0.272. The molecule has 160 valence electrons. The Morgan fingerprint density at radius 1 is 1.03 bits per heavy atom. The molecule has 0 atom stereocenters. The van der Waals surface area contributed by atoms with Crippen molar-refractivity contribution in [3.63, 3.8) is 0 Å². The van der Waals surface area contributed by atoms with E-state index in [1.165, 1.54) is 43.5 Å². The van der Waals surface area contributed by atoms with Crippen LogP contribution in [0.1, 0.15) is 5.56 Å². The molecule has 0 fully saturated rings. The molecule has 0 aliphatic rings. The SMILES string of the molecule is COc1cc(N=Nc2ccc([N+](=O)[O-])cc2Cl)c(C)cc1NS(=O)(=O)c1ccccc1. The second kappa shape index (κ2) is 9.11. The number of nitro benzene ring substituents is 1. The number of methoxy groups -OCH3 is 1. The average Bonchev–Trinajstić information content (AvgIpc) is 2.74. The topological polar surface area (TPSA) is 123 Å². The van der Waals surface area contributed by atoms with Crippen molar-refractivity contribution in [2.24, 2.45) is 10.2 Å². The number of azo groups is 1. The molecule has 11 heteroatoms. The van der Waals surface area contributed by atoms with Crippen LogP contribution in [0.4, 0.5) is 22.7 Å². The fraction of sp³-hybridized carbons (Fsp3) is 0.100. The molecule has 0 aliphatic carbocycles. The molecule has 1 N–H and O–H groups in total. The van der Waals surface area contributed by atoms with Crippen molar-refractivity contribution in [2.45, 2.75) is 11.8 Å². The summed E-state index contributed by atoms with van der Waals surface area (Å²) in [7, 11) is -2.40. The van der Waals surface area contributed by atoms with Crippen LogP contribution in [0.2, 0.25) is 5.02 Å². The molecule has 0 spiro atoms. The molecule has 0 radical (unpaired) electrons. The molecule has 0 saturated carbocycles. The first kappa shape index (κ1) is 22.2. The lowest BCUT2D eigenvalue weighted by Crippen LogP contribution is -2.13. The summed E-state index contributed by atoms with van der Waals surface area (Å²) in [4.78, 5) is 10.4. The van der Waals surface area contributed by atoms with Crippen molar-refractivity contribution in [3.8, 4) is 5.75 Å². The molecule has 0 amide bonds. The van der Waals surface area contributed by atoms with Crippen LogP contribution in [0.25, 0.3) is 0 Å². The van der Waals surface area contributed by atoms with Crippen LogP contribution in [0.3, 0.4) is 0 Å². The number of ether oxygens (including phenoxy) is 1. The third-order valence-electron chi connectivity index (χ3n) is 4.22. The zero-order valence-electron chi connectivity index (χ0n) is 16.4. The standard InChI is InChI=1S/C20H17ClN4O5S/c1-13-10-19(24-31(28,29)15-6-4-3-5-7-15)20(30-2)12-18(13)23-22-17-9-8-14(25(26)27)11-16(17)21/h3-12,24H,1-2H3. The van der Waals surface area contributed by atoms with Gasteiger partial charge in [-0.15, -0.1) is 5.11 Å². The van der Waals surface area contributed by atoms with Gasteiger partial charge in [0.25, 0.3) is 15.7 Å². The zero-order valence-corrected chi connectivity index (χ0v) is 18.0. The molecule has 0 aliphatic heterocycles. The largest absolute Gasteiger partial charge is 0.494 e. The van der Waals surface area contributed by atoms with E-state index >= 15 is 0 Å². The Balaban J connectivity index is 1.91. The van der Waals surface area contributed by atoms with Crippen LogP contribution in [-0.2, 0) is 10.0 Å². The van der Waals surface area contributed by atoms with Crippen molar-refractivity contribution >= 4 is 44.4 Å². The normalized spacial score (nSPS) is 11.5. The number of benzene rings is 3. The molecule has 0 unspecified atom stereocenters. The van der Waals surface area contributed by atoms with Gasteiger partial charge in [0.2, 0.25) is 0 Å². The summed E-state index contributed by atoms with van der Waals surface area (Å²) in [5.41, 5.74) is 1.37. The Kier molecular flexibility index (Phi) is 6.52. The molecule has 9 nitrogen and oxygen atoms in total. The third-order valence-corrected chi connectivity index (χ3v) is 5.91. The molecule has 3 aromatic carbocycles. The summed E-state index contributed by atoms with van der Waals surface area (Å²) in [5, 5.41) is 19.1. The van der Waals surface area contributed by atoms with Gasteiger partial charge in [-0.25, -0.2) is 8.42 Å². The van der Waals surface area contributed by atoms with E-state index in [-0.39, 0.29) is 32.7 Å². The molecular weight excluding hydrogens is 444 g/mol. The van der Waals surface area contributed by atoms with Crippen molar-refractivity contribution in [1.29, 1.82) is 0 Å². The molecule has 31 heavy (non-hydrogen) atoms. The number of rotatable bonds is 7. The summed E-state index contributed by atoms with van der Waals surface area (Å²) < 4.78 is 33.1. The summed E-state index contributed by atoms with van der Waals surface area (Å²) >= 11 is 6.03. The van der Waals surface area contributed by atoms with Gasteiger partial charge >= 0.3 is 0 Å². The van der Waals surface area contributed by atoms with Gasteiger partial charge in [-0.3, -0.25) is 14.8 Å². The minimum Gasteiger partial charge on any atom is -0.494 e. The molecule has 0 bridgehead atoms. The number of sulfonamides is 1. The maximum atomic E-state index is 12.6. The Labute approximate surface area is 183 Å². The van der Waals surface area contributed by atoms with Gasteiger partial charge in [-0.1, -0.05) is 29.8 Å². The van der Waals surface area contributed by atoms with E-state index in [0.717, 1.165) is 0 Å². The second-order valence-corrected chi connectivity index (χ2v) is 8.44. The van der Waals surface area contributed by atoms with Crippen LogP contribution in [0.5, 0.6) is 5.75 Å². The van der Waals surface area contributed by atoms with E-state index in [1.807, 2.05) is 0 Å². The summed E-state index contributed by atoms with van der Waals surface area (Å²) in [5.74, 6) is 0.244. The number of hydrogen-bond acceptors (Lipinski definition) is 7. The van der Waals surface area contributed by atoms with Crippen molar-refractivity contribution < 1.29 is 18.1 Å². The number of non-ortho nitro benzene ring substituents is 1. The van der Waals surface area contributed by atoms with E-state index in [4.69, 9.17) is 16.3 Å². The number of nitrogens with one attached hydrogen (secondary N) is 1. The first-order chi connectivity index (χ1) is 14.7. The van der Waals surface area contributed by atoms with Gasteiger partial charge in [-0.2, -0.15) is 5.11 Å². The second-order valence-electron chi connectivity index (χ2n) is 6.35. The Morgan fingerprint density at radius 2 is 1.71 bits per heavy atom. The maximum absolute atomic E-state index is 12.6. The minimum atomic E-state index is -3.80. The first-order valence-electron chi connectivity index (χ1n) is 8.83. The van der Waals surface area contributed by atoms with Gasteiger partial charge in [0.15, 0.2) is 0 Å². The van der Waals surface area contributed by atoms with Gasteiger partial charge in [0.05, 0.1) is 33.3 Å². The van der Waals surface area contributed by atoms with Gasteiger partial charge in [-0.05, 0) is 36.8 Å². The van der Waals surface area contributed by atoms with Gasteiger partial charge in [0, 0.05) is 18.2 Å². The Bertz CT molecular complexity index is 1260. The predicted molar refractivity (Wildman–Crippen MR) is 117 cm³/mol. The lowest BCUT2D eigenvalue weighted by atomic mass is 10.1. The van der Waals surface area contributed by atoms with E-state index in [2.05, 4.69) is 15.0 Å².